The van der Waals surface area contributed by atoms with Gasteiger partial charge in [0.2, 0.25) is 11.8 Å². The van der Waals surface area contributed by atoms with E-state index in [4.69, 9.17) is 5.26 Å². The highest BCUT2D eigenvalue weighted by Crippen LogP contribution is 2.01. The van der Waals surface area contributed by atoms with Crippen molar-refractivity contribution >= 4 is 11.8 Å². The Morgan fingerprint density at radius 1 is 1.44 bits per heavy atom. The fraction of sp³-hybridized carbons (Fsp3) is 0.727. The third-order valence-electron chi connectivity index (χ3n) is 2.46. The Hall–Kier alpha value is -1.57. The molecule has 0 bridgehead atoms. The van der Waals surface area contributed by atoms with Crippen LogP contribution in [0.5, 0.6) is 0 Å². The van der Waals surface area contributed by atoms with Gasteiger partial charge in [-0.1, -0.05) is 6.92 Å². The number of rotatable bonds is 5. The second-order valence-corrected chi connectivity index (χ2v) is 3.67. The number of carbonyl (C=O) groups excluding carboxylic acids is 2. The van der Waals surface area contributed by atoms with Gasteiger partial charge in [-0.25, -0.2) is 0 Å². The van der Waals surface area contributed by atoms with E-state index in [0.29, 0.717) is 13.0 Å². The molecule has 2 atom stereocenters. The second-order valence-electron chi connectivity index (χ2n) is 3.67. The van der Waals surface area contributed by atoms with Crippen molar-refractivity contribution in [3.8, 4) is 6.07 Å². The molecule has 0 heterocycles. The van der Waals surface area contributed by atoms with Crippen molar-refractivity contribution < 1.29 is 9.59 Å². The maximum atomic E-state index is 11.6. The van der Waals surface area contributed by atoms with Crippen LogP contribution in [0.2, 0.25) is 0 Å². The first kappa shape index (κ1) is 14.4. The maximum Gasteiger partial charge on any atom is 0.244 e. The van der Waals surface area contributed by atoms with Gasteiger partial charge in [0.25, 0.3) is 0 Å². The Morgan fingerprint density at radius 3 is 2.38 bits per heavy atom. The van der Waals surface area contributed by atoms with Crippen LogP contribution in [0.3, 0.4) is 0 Å². The lowest BCUT2D eigenvalue weighted by Gasteiger charge is -2.21. The average molecular weight is 225 g/mol. The molecule has 0 aromatic heterocycles. The summed E-state index contributed by atoms with van der Waals surface area (Å²) in [6.07, 6.45) is 0.451. The molecule has 0 rings (SSSR count). The molecule has 16 heavy (non-hydrogen) atoms. The van der Waals surface area contributed by atoms with Gasteiger partial charge in [0.1, 0.15) is 12.0 Å². The molecule has 0 aliphatic carbocycles. The Balaban J connectivity index is 4.35. The van der Waals surface area contributed by atoms with Gasteiger partial charge in [-0.2, -0.15) is 5.26 Å². The third-order valence-corrected chi connectivity index (χ3v) is 2.46. The summed E-state index contributed by atoms with van der Waals surface area (Å²) in [6, 6.07) is 1.32. The average Bonchev–Trinajstić information content (AvgIpc) is 2.28. The van der Waals surface area contributed by atoms with Gasteiger partial charge in [-0.3, -0.25) is 9.59 Å². The van der Waals surface area contributed by atoms with Crippen molar-refractivity contribution in [1.29, 1.82) is 5.26 Å². The molecule has 2 unspecified atom stereocenters. The lowest BCUT2D eigenvalue weighted by atomic mass is 10.1. The third kappa shape index (κ3) is 3.89. The van der Waals surface area contributed by atoms with Crippen LogP contribution in [0.25, 0.3) is 0 Å². The number of hydrogen-bond donors (Lipinski definition) is 1. The fourth-order valence-corrected chi connectivity index (χ4v) is 1.20. The summed E-state index contributed by atoms with van der Waals surface area (Å²) in [5, 5.41) is 11.2. The molecule has 1 N–H and O–H groups in total. The van der Waals surface area contributed by atoms with Crippen molar-refractivity contribution in [2.45, 2.75) is 33.2 Å². The number of amides is 2. The van der Waals surface area contributed by atoms with Crippen LogP contribution in [0.4, 0.5) is 0 Å². The summed E-state index contributed by atoms with van der Waals surface area (Å²) in [7, 11) is 1.67. The standard InChI is InChI=1S/C11H19N3O2/c1-5-9(7-12)10(15)13-8(3)11(16)14(4)6-2/h8-9H,5-6H2,1-4H3,(H,13,15). The molecule has 0 aliphatic heterocycles. The van der Waals surface area contributed by atoms with Gasteiger partial charge in [0, 0.05) is 13.6 Å². The van der Waals surface area contributed by atoms with E-state index < -0.39 is 12.0 Å². The topological polar surface area (TPSA) is 73.2 Å². The lowest BCUT2D eigenvalue weighted by molar-refractivity contribution is -0.135. The molecular weight excluding hydrogens is 206 g/mol. The predicted molar refractivity (Wildman–Crippen MR) is 60.3 cm³/mol. The highest BCUT2D eigenvalue weighted by atomic mass is 16.2. The van der Waals surface area contributed by atoms with E-state index in [1.54, 1.807) is 20.9 Å². The Labute approximate surface area is 96.4 Å². The van der Waals surface area contributed by atoms with Gasteiger partial charge in [-0.05, 0) is 20.3 Å². The summed E-state index contributed by atoms with van der Waals surface area (Å²) >= 11 is 0. The van der Waals surface area contributed by atoms with E-state index >= 15 is 0 Å². The van der Waals surface area contributed by atoms with Gasteiger partial charge >= 0.3 is 0 Å². The minimum Gasteiger partial charge on any atom is -0.344 e. The van der Waals surface area contributed by atoms with Gasteiger partial charge < -0.3 is 10.2 Å². The molecule has 0 aromatic carbocycles. The van der Waals surface area contributed by atoms with E-state index in [1.807, 2.05) is 13.0 Å². The zero-order chi connectivity index (χ0) is 12.7. The first-order valence-corrected chi connectivity index (χ1v) is 5.42. The molecule has 2 amide bonds. The highest BCUT2D eigenvalue weighted by molar-refractivity contribution is 5.88. The molecule has 0 saturated carbocycles. The van der Waals surface area contributed by atoms with Crippen molar-refractivity contribution in [2.75, 3.05) is 13.6 Å². The van der Waals surface area contributed by atoms with Crippen LogP contribution >= 0.6 is 0 Å². The van der Waals surface area contributed by atoms with Crippen LogP contribution in [0.15, 0.2) is 0 Å². The zero-order valence-corrected chi connectivity index (χ0v) is 10.3. The van der Waals surface area contributed by atoms with Crippen LogP contribution in [-0.4, -0.2) is 36.3 Å². The summed E-state index contributed by atoms with van der Waals surface area (Å²) in [6.45, 7) is 5.83. The molecule has 90 valence electrons. The van der Waals surface area contributed by atoms with Crippen molar-refractivity contribution in [2.24, 2.45) is 5.92 Å². The smallest absolute Gasteiger partial charge is 0.244 e. The lowest BCUT2D eigenvalue weighted by Crippen LogP contribution is -2.47. The van der Waals surface area contributed by atoms with E-state index in [1.165, 1.54) is 4.90 Å². The number of likely N-dealkylation sites (N-methyl/N-ethyl adjacent to an activating group) is 1. The molecule has 0 fully saturated rings. The van der Waals surface area contributed by atoms with E-state index in [2.05, 4.69) is 5.32 Å². The zero-order valence-electron chi connectivity index (χ0n) is 10.3. The Bertz CT molecular complexity index is 296. The quantitative estimate of drug-likeness (QED) is 0.741. The van der Waals surface area contributed by atoms with E-state index in [0.717, 1.165) is 0 Å². The van der Waals surface area contributed by atoms with Crippen LogP contribution in [0.1, 0.15) is 27.2 Å². The molecule has 0 saturated heterocycles. The van der Waals surface area contributed by atoms with Gasteiger partial charge in [0.15, 0.2) is 0 Å². The summed E-state index contributed by atoms with van der Waals surface area (Å²) < 4.78 is 0. The molecule has 0 aliphatic rings. The van der Waals surface area contributed by atoms with E-state index in [9.17, 15) is 9.59 Å². The Kier molecular flexibility index (Phi) is 6.16. The SMILES string of the molecule is CCC(C#N)C(=O)NC(C)C(=O)N(C)CC. The first-order valence-electron chi connectivity index (χ1n) is 5.42. The number of nitrogens with one attached hydrogen (secondary N) is 1. The number of hydrogen-bond acceptors (Lipinski definition) is 3. The molecule has 5 heteroatoms. The van der Waals surface area contributed by atoms with Crippen LogP contribution < -0.4 is 5.32 Å². The molecule has 0 aromatic rings. The minimum atomic E-state index is -0.679. The molecule has 5 nitrogen and oxygen atoms in total. The van der Waals surface area contributed by atoms with Crippen molar-refractivity contribution in [3.63, 3.8) is 0 Å². The normalized spacial score (nSPS) is 13.4. The molecule has 0 spiro atoms. The second kappa shape index (κ2) is 6.83. The Morgan fingerprint density at radius 2 is 2.00 bits per heavy atom. The summed E-state index contributed by atoms with van der Waals surface area (Å²) in [4.78, 5) is 24.7. The summed E-state index contributed by atoms with van der Waals surface area (Å²) in [5.41, 5.74) is 0. The molecular formula is C11H19N3O2. The highest BCUT2D eigenvalue weighted by Gasteiger charge is 2.22. The number of carbonyl (C=O) groups is 2. The largest absolute Gasteiger partial charge is 0.344 e. The van der Waals surface area contributed by atoms with Crippen LogP contribution in [0, 0.1) is 17.2 Å². The van der Waals surface area contributed by atoms with E-state index in [-0.39, 0.29) is 11.8 Å². The van der Waals surface area contributed by atoms with Crippen LogP contribution in [-0.2, 0) is 9.59 Å². The first-order chi connectivity index (χ1) is 7.47. The number of nitriles is 1. The summed E-state index contributed by atoms with van der Waals surface area (Å²) in [5.74, 6) is -1.21. The van der Waals surface area contributed by atoms with Crippen molar-refractivity contribution in [3.05, 3.63) is 0 Å². The van der Waals surface area contributed by atoms with Gasteiger partial charge in [-0.15, -0.1) is 0 Å². The minimum absolute atomic E-state index is 0.149. The van der Waals surface area contributed by atoms with Crippen molar-refractivity contribution in [1.82, 2.24) is 10.2 Å². The monoisotopic (exact) mass is 225 g/mol. The molecule has 0 radical (unpaired) electrons. The van der Waals surface area contributed by atoms with Gasteiger partial charge in [0.05, 0.1) is 6.07 Å². The fourth-order valence-electron chi connectivity index (χ4n) is 1.20. The number of nitrogens with zero attached hydrogens (tertiary/aromatic N) is 2. The predicted octanol–water partition coefficient (Wildman–Crippen LogP) is 0.519. The maximum absolute atomic E-state index is 11.6.